The molecule has 0 aliphatic heterocycles. The zero-order valence-electron chi connectivity index (χ0n) is 4.35. The van der Waals surface area contributed by atoms with Crippen molar-refractivity contribution in [3.63, 3.8) is 0 Å². The van der Waals surface area contributed by atoms with Gasteiger partial charge in [-0.25, -0.2) is 0 Å². The zero-order valence-corrected chi connectivity index (χ0v) is 6.75. The topological polar surface area (TPSA) is 13.1 Å². The Kier molecular flexibility index (Phi) is 2.02. The van der Waals surface area contributed by atoms with Gasteiger partial charge in [-0.15, -0.1) is 0 Å². The number of furan rings is 1. The molecule has 0 amide bonds. The summed E-state index contributed by atoms with van der Waals surface area (Å²) in [7, 11) is 0. The first-order valence-corrected chi connectivity index (χ1v) is 4.13. The van der Waals surface area contributed by atoms with Crippen molar-refractivity contribution < 1.29 is 4.42 Å². The Morgan fingerprint density at radius 1 is 1.75 bits per heavy atom. The van der Waals surface area contributed by atoms with Crippen molar-refractivity contribution in [2.24, 2.45) is 0 Å². The van der Waals surface area contributed by atoms with E-state index in [4.69, 9.17) is 4.42 Å². The van der Waals surface area contributed by atoms with Gasteiger partial charge in [0.1, 0.15) is 0 Å². The van der Waals surface area contributed by atoms with Gasteiger partial charge in [-0.3, -0.25) is 0 Å². The Balaban J connectivity index is 2.92. The average Bonchev–Trinajstić information content (AvgIpc) is 2.14. The van der Waals surface area contributed by atoms with Crippen LogP contribution in [0.3, 0.4) is 0 Å². The molecule has 1 heterocycles. The number of hydrogen-bond acceptors (Lipinski definition) is 2. The maximum Gasteiger partial charge on any atom is 0.173 e. The Labute approximate surface area is 60.6 Å². The first kappa shape index (κ1) is 6.23. The van der Waals surface area contributed by atoms with Gasteiger partial charge in [-0.1, -0.05) is 11.8 Å². The van der Waals surface area contributed by atoms with Crippen LogP contribution in [0.5, 0.6) is 0 Å². The van der Waals surface area contributed by atoms with Crippen LogP contribution in [0.2, 0.25) is 0 Å². The monoisotopic (exact) mass is 192 g/mol. The van der Waals surface area contributed by atoms with Crippen LogP contribution in [0.25, 0.3) is 0 Å². The zero-order chi connectivity index (χ0) is 5.98. The molecule has 0 fully saturated rings. The minimum Gasteiger partial charge on any atom is -0.457 e. The molecule has 0 aromatic carbocycles. The van der Waals surface area contributed by atoms with Crippen molar-refractivity contribution in [1.82, 2.24) is 0 Å². The highest BCUT2D eigenvalue weighted by atomic mass is 79.9. The van der Waals surface area contributed by atoms with Gasteiger partial charge in [0.25, 0.3) is 0 Å². The van der Waals surface area contributed by atoms with E-state index in [2.05, 4.69) is 15.9 Å². The summed E-state index contributed by atoms with van der Waals surface area (Å²) in [6.07, 6.45) is 3.64. The third-order valence-electron chi connectivity index (χ3n) is 0.770. The summed E-state index contributed by atoms with van der Waals surface area (Å²) < 4.78 is 6.06. The lowest BCUT2D eigenvalue weighted by atomic mass is 10.7. The number of halogens is 1. The van der Waals surface area contributed by atoms with Crippen molar-refractivity contribution in [1.29, 1.82) is 0 Å². The molecular weight excluding hydrogens is 188 g/mol. The molecule has 0 aliphatic rings. The van der Waals surface area contributed by atoms with E-state index < -0.39 is 0 Å². The molecule has 1 rings (SSSR count). The van der Waals surface area contributed by atoms with Crippen molar-refractivity contribution in [2.45, 2.75) is 5.09 Å². The van der Waals surface area contributed by atoms with Gasteiger partial charge in [0.2, 0.25) is 0 Å². The molecular formula is C5H5BrOS. The second-order valence-corrected chi connectivity index (χ2v) is 2.89. The lowest BCUT2D eigenvalue weighted by Gasteiger charge is -1.84. The van der Waals surface area contributed by atoms with Crippen LogP contribution in [0.4, 0.5) is 0 Å². The fraction of sp³-hybridized carbons (Fsp3) is 0.200. The van der Waals surface area contributed by atoms with Crippen molar-refractivity contribution >= 4 is 27.7 Å². The van der Waals surface area contributed by atoms with Crippen LogP contribution in [0.1, 0.15) is 0 Å². The molecule has 8 heavy (non-hydrogen) atoms. The Bertz CT molecular complexity index is 173. The third-order valence-corrected chi connectivity index (χ3v) is 2.34. The summed E-state index contributed by atoms with van der Waals surface area (Å²) in [6, 6.07) is 1.88. The second-order valence-electron chi connectivity index (χ2n) is 1.26. The fourth-order valence-electron chi connectivity index (χ4n) is 0.426. The maximum absolute atomic E-state index is 5.03. The average molecular weight is 193 g/mol. The van der Waals surface area contributed by atoms with Crippen LogP contribution in [0, 0.1) is 0 Å². The third kappa shape index (κ3) is 1.09. The summed E-state index contributed by atoms with van der Waals surface area (Å²) >= 11 is 4.90. The largest absolute Gasteiger partial charge is 0.457 e. The molecule has 0 spiro atoms. The lowest BCUT2D eigenvalue weighted by Crippen LogP contribution is -1.57. The highest BCUT2D eigenvalue weighted by Crippen LogP contribution is 2.25. The van der Waals surface area contributed by atoms with Crippen LogP contribution >= 0.6 is 27.7 Å². The maximum atomic E-state index is 5.03. The van der Waals surface area contributed by atoms with Crippen molar-refractivity contribution in [3.05, 3.63) is 16.8 Å². The molecule has 0 saturated carbocycles. The number of rotatable bonds is 1. The number of thioether (sulfide) groups is 1. The van der Waals surface area contributed by atoms with Crippen molar-refractivity contribution in [3.8, 4) is 0 Å². The quantitative estimate of drug-likeness (QED) is 0.636. The van der Waals surface area contributed by atoms with Crippen LogP contribution < -0.4 is 0 Å². The molecule has 0 atom stereocenters. The van der Waals surface area contributed by atoms with E-state index in [0.29, 0.717) is 0 Å². The molecule has 1 nitrogen and oxygen atoms in total. The molecule has 0 radical (unpaired) electrons. The van der Waals surface area contributed by atoms with E-state index in [1.807, 2.05) is 12.3 Å². The Hall–Kier alpha value is 0.110. The molecule has 1 aromatic heterocycles. The van der Waals surface area contributed by atoms with E-state index in [1.54, 1.807) is 18.0 Å². The molecule has 0 aliphatic carbocycles. The van der Waals surface area contributed by atoms with Gasteiger partial charge in [0.05, 0.1) is 10.7 Å². The van der Waals surface area contributed by atoms with Gasteiger partial charge >= 0.3 is 0 Å². The highest BCUT2D eigenvalue weighted by Gasteiger charge is 1.97. The minimum absolute atomic E-state index is 0.935. The van der Waals surface area contributed by atoms with Crippen LogP contribution in [-0.4, -0.2) is 6.26 Å². The van der Waals surface area contributed by atoms with Gasteiger partial charge in [-0.2, -0.15) is 0 Å². The predicted octanol–water partition coefficient (Wildman–Crippen LogP) is 2.76. The normalized spacial score (nSPS) is 9.75. The molecule has 0 saturated heterocycles. The van der Waals surface area contributed by atoms with Crippen LogP contribution in [0.15, 0.2) is 26.3 Å². The SMILES string of the molecule is CSc1occc1Br. The standard InChI is InChI=1S/C5H5BrOS/c1-8-5-4(6)2-3-7-5/h2-3H,1H3. The Morgan fingerprint density at radius 2 is 2.50 bits per heavy atom. The summed E-state index contributed by atoms with van der Waals surface area (Å²) in [4.78, 5) is 0. The molecule has 1 aromatic rings. The van der Waals surface area contributed by atoms with E-state index in [-0.39, 0.29) is 0 Å². The van der Waals surface area contributed by atoms with Gasteiger partial charge in [0.15, 0.2) is 5.09 Å². The lowest BCUT2D eigenvalue weighted by molar-refractivity contribution is 0.472. The Morgan fingerprint density at radius 3 is 2.75 bits per heavy atom. The first-order valence-electron chi connectivity index (χ1n) is 2.11. The highest BCUT2D eigenvalue weighted by molar-refractivity contribution is 9.10. The molecule has 0 N–H and O–H groups in total. The van der Waals surface area contributed by atoms with E-state index in [1.165, 1.54) is 0 Å². The first-order chi connectivity index (χ1) is 3.84. The molecule has 44 valence electrons. The molecule has 0 unspecified atom stereocenters. The van der Waals surface area contributed by atoms with E-state index in [9.17, 15) is 0 Å². The van der Waals surface area contributed by atoms with E-state index in [0.717, 1.165) is 9.56 Å². The second kappa shape index (κ2) is 2.60. The fourth-order valence-corrected chi connectivity index (χ4v) is 1.53. The molecule has 0 bridgehead atoms. The summed E-state index contributed by atoms with van der Waals surface area (Å²) in [5.74, 6) is 0. The van der Waals surface area contributed by atoms with Crippen molar-refractivity contribution in [2.75, 3.05) is 6.26 Å². The summed E-state index contributed by atoms with van der Waals surface area (Å²) in [5.41, 5.74) is 0. The molecule has 3 heteroatoms. The minimum atomic E-state index is 0.935. The summed E-state index contributed by atoms with van der Waals surface area (Å²) in [6.45, 7) is 0. The summed E-state index contributed by atoms with van der Waals surface area (Å²) in [5, 5.41) is 0.935. The van der Waals surface area contributed by atoms with Gasteiger partial charge in [0, 0.05) is 0 Å². The van der Waals surface area contributed by atoms with E-state index >= 15 is 0 Å². The van der Waals surface area contributed by atoms with Gasteiger partial charge in [-0.05, 0) is 28.3 Å². The smallest absolute Gasteiger partial charge is 0.173 e. The van der Waals surface area contributed by atoms with Crippen LogP contribution in [-0.2, 0) is 0 Å². The van der Waals surface area contributed by atoms with Gasteiger partial charge < -0.3 is 4.42 Å². The number of hydrogen-bond donors (Lipinski definition) is 0. The predicted molar refractivity (Wildman–Crippen MR) is 38.2 cm³/mol.